The molecule has 1 saturated heterocycles. The van der Waals surface area contributed by atoms with Crippen molar-refractivity contribution in [3.05, 3.63) is 86.7 Å². The highest BCUT2D eigenvalue weighted by Gasteiger charge is 2.42. The molecule has 2 heterocycles. The van der Waals surface area contributed by atoms with Crippen LogP contribution in [0.5, 0.6) is 0 Å². The lowest BCUT2D eigenvalue weighted by molar-refractivity contribution is -0.137. The van der Waals surface area contributed by atoms with Gasteiger partial charge in [0.05, 0.1) is 54.3 Å². The zero-order valence-electron chi connectivity index (χ0n) is 26.5. The minimum Gasteiger partial charge on any atom is -0.466 e. The molecule has 13 heteroatoms. The third-order valence-electron chi connectivity index (χ3n) is 9.16. The number of hydrogen-bond donors (Lipinski definition) is 2. The lowest BCUT2D eigenvalue weighted by Gasteiger charge is -2.42. The largest absolute Gasteiger partial charge is 0.466 e. The van der Waals surface area contributed by atoms with E-state index < -0.39 is 28.7 Å². The third kappa shape index (κ3) is 7.92. The molecule has 0 radical (unpaired) electrons. The normalized spacial score (nSPS) is 22.8. The van der Waals surface area contributed by atoms with E-state index in [4.69, 9.17) is 38.4 Å². The number of rotatable bonds is 9. The maximum atomic E-state index is 13.9. The molecule has 2 aromatic carbocycles. The number of ether oxygens (including phenoxy) is 2. The second-order valence-corrected chi connectivity index (χ2v) is 14.2. The number of halogens is 2. The third-order valence-corrected chi connectivity index (χ3v) is 11.2. The summed E-state index contributed by atoms with van der Waals surface area (Å²) in [5.74, 6) is -3.05. The van der Waals surface area contributed by atoms with Crippen LogP contribution in [0.25, 0.3) is 0 Å². The molecule has 3 aliphatic rings. The Kier molecular flexibility index (Phi) is 11.8. The van der Waals surface area contributed by atoms with Crippen LogP contribution in [0, 0.1) is 0 Å². The molecule has 10 nitrogen and oxygen atoms in total. The molecule has 2 aromatic rings. The van der Waals surface area contributed by atoms with E-state index in [2.05, 4.69) is 10.2 Å². The summed E-state index contributed by atoms with van der Waals surface area (Å²) in [5.41, 5.74) is 6.84. The van der Waals surface area contributed by atoms with Gasteiger partial charge in [-0.3, -0.25) is 13.9 Å². The fourth-order valence-corrected chi connectivity index (χ4v) is 8.43. The Morgan fingerprint density at radius 1 is 0.851 bits per heavy atom. The molecule has 252 valence electrons. The van der Waals surface area contributed by atoms with Gasteiger partial charge in [-0.25, -0.2) is 9.59 Å². The van der Waals surface area contributed by atoms with Crippen LogP contribution >= 0.6 is 23.2 Å². The predicted octanol–water partition coefficient (Wildman–Crippen LogP) is 4.15. The zero-order chi connectivity index (χ0) is 33.7. The highest BCUT2D eigenvalue weighted by molar-refractivity contribution is 7.85. The average molecular weight is 704 g/mol. The van der Waals surface area contributed by atoms with Crippen LogP contribution in [-0.4, -0.2) is 90.1 Å². The van der Waals surface area contributed by atoms with Gasteiger partial charge in [0.1, 0.15) is 0 Å². The minimum absolute atomic E-state index is 0.00248. The number of amides is 1. The second-order valence-electron chi connectivity index (χ2n) is 11.9. The number of methoxy groups -OCH3 is 2. The molecule has 2 aliphatic heterocycles. The number of hydrogen-bond acceptors (Lipinski definition) is 9. The van der Waals surface area contributed by atoms with Crippen LogP contribution in [0.2, 0.25) is 10.0 Å². The van der Waals surface area contributed by atoms with Crippen molar-refractivity contribution < 1.29 is 28.1 Å². The number of nitrogens with two attached hydrogens (primary N) is 1. The Labute approximate surface area is 287 Å². The van der Waals surface area contributed by atoms with Crippen molar-refractivity contribution in [3.8, 4) is 0 Å². The smallest absolute Gasteiger partial charge is 0.336 e. The van der Waals surface area contributed by atoms with Crippen molar-refractivity contribution in [2.45, 2.75) is 55.0 Å². The molecular formula is C34H40Cl2N4O6S. The second kappa shape index (κ2) is 15.8. The first kappa shape index (κ1) is 35.1. The predicted molar refractivity (Wildman–Crippen MR) is 181 cm³/mol. The molecule has 2 fully saturated rings. The number of benzene rings is 2. The minimum atomic E-state index is -1.61. The highest BCUT2D eigenvalue weighted by Crippen LogP contribution is 2.45. The summed E-state index contributed by atoms with van der Waals surface area (Å²) >= 11 is 13.4. The number of nitrogens with one attached hydrogen (secondary N) is 1. The van der Waals surface area contributed by atoms with E-state index in [0.29, 0.717) is 24.0 Å². The van der Waals surface area contributed by atoms with E-state index in [9.17, 15) is 18.6 Å². The van der Waals surface area contributed by atoms with E-state index >= 15 is 0 Å². The molecule has 5 rings (SSSR count). The van der Waals surface area contributed by atoms with Gasteiger partial charge in [0.15, 0.2) is 0 Å². The highest BCUT2D eigenvalue weighted by atomic mass is 35.5. The average Bonchev–Trinajstić information content (AvgIpc) is 3.08. The van der Waals surface area contributed by atoms with Gasteiger partial charge >= 0.3 is 11.9 Å². The van der Waals surface area contributed by atoms with Gasteiger partial charge in [0, 0.05) is 70.2 Å². The van der Waals surface area contributed by atoms with Crippen LogP contribution in [0.4, 0.5) is 0 Å². The van der Waals surface area contributed by atoms with E-state index in [-0.39, 0.29) is 62.3 Å². The molecule has 3 N–H and O–H groups in total. The van der Waals surface area contributed by atoms with E-state index in [1.807, 2.05) is 6.07 Å². The number of esters is 2. The van der Waals surface area contributed by atoms with Crippen molar-refractivity contribution in [3.63, 3.8) is 0 Å². The molecule has 2 atom stereocenters. The summed E-state index contributed by atoms with van der Waals surface area (Å²) in [6.07, 6.45) is 3.94. The summed E-state index contributed by atoms with van der Waals surface area (Å²) < 4.78 is 24.0. The molecule has 1 saturated carbocycles. The van der Waals surface area contributed by atoms with Crippen molar-refractivity contribution in [1.29, 1.82) is 0 Å². The Morgan fingerprint density at radius 3 is 2.00 bits per heavy atom. The number of carbonyl (C=O) groups is 3. The lowest BCUT2D eigenvalue weighted by atomic mass is 9.79. The van der Waals surface area contributed by atoms with Crippen molar-refractivity contribution in [2.75, 3.05) is 46.2 Å². The molecule has 2 unspecified atom stereocenters. The summed E-state index contributed by atoms with van der Waals surface area (Å²) in [6, 6.07) is 14.4. The summed E-state index contributed by atoms with van der Waals surface area (Å²) in [5, 5.41) is 3.56. The van der Waals surface area contributed by atoms with Crippen LogP contribution in [-0.2, 0) is 34.7 Å². The Hall–Kier alpha value is -3.22. The molecule has 47 heavy (non-hydrogen) atoms. The fourth-order valence-electron chi connectivity index (χ4n) is 6.69. The van der Waals surface area contributed by atoms with Gasteiger partial charge in [-0.15, -0.1) is 0 Å². The molecule has 0 aromatic heterocycles. The van der Waals surface area contributed by atoms with Gasteiger partial charge in [0.2, 0.25) is 5.91 Å². The lowest BCUT2D eigenvalue weighted by Crippen LogP contribution is -2.53. The van der Waals surface area contributed by atoms with Crippen LogP contribution in [0.1, 0.15) is 43.6 Å². The topological polar surface area (TPSA) is 131 Å². The van der Waals surface area contributed by atoms with Crippen molar-refractivity contribution in [1.82, 2.24) is 15.1 Å². The Bertz CT molecular complexity index is 1560. The summed E-state index contributed by atoms with van der Waals surface area (Å²) in [7, 11) is 0.829. The number of carbonyl (C=O) groups excluding carboxylic acids is 3. The summed E-state index contributed by atoms with van der Waals surface area (Å²) in [4.78, 5) is 45.8. The van der Waals surface area contributed by atoms with Crippen molar-refractivity contribution in [2.24, 2.45) is 5.73 Å². The van der Waals surface area contributed by atoms with Gasteiger partial charge in [0.25, 0.3) is 0 Å². The van der Waals surface area contributed by atoms with Gasteiger partial charge in [-0.2, -0.15) is 0 Å². The first-order valence-corrected chi connectivity index (χ1v) is 17.7. The monoisotopic (exact) mass is 702 g/mol. The molecule has 1 amide bonds. The van der Waals surface area contributed by atoms with E-state index in [1.165, 1.54) is 14.2 Å². The molecule has 1 aliphatic carbocycles. The molecule has 0 spiro atoms. The van der Waals surface area contributed by atoms with E-state index in [1.54, 1.807) is 47.4 Å². The van der Waals surface area contributed by atoms with Crippen molar-refractivity contribution >= 4 is 51.8 Å². The van der Waals surface area contributed by atoms with Gasteiger partial charge < -0.3 is 25.4 Å². The van der Waals surface area contributed by atoms with Gasteiger partial charge in [-0.1, -0.05) is 47.5 Å². The van der Waals surface area contributed by atoms with E-state index in [0.717, 1.165) is 38.8 Å². The Balaban J connectivity index is 1.51. The number of nitrogens with zero attached hydrogens (tertiary/aromatic N) is 2. The summed E-state index contributed by atoms with van der Waals surface area (Å²) in [6.45, 7) is 2.56. The fraction of sp³-hybridized carbons (Fsp3) is 0.441. The maximum absolute atomic E-state index is 13.9. The van der Waals surface area contributed by atoms with Crippen LogP contribution in [0.3, 0.4) is 0 Å². The standard InChI is InChI=1S/C34H40Cl2N4O6S/c1-45-33(42)30-26(19-28(41)40-17-15-39(16-18-40)22-13-11-21(37)12-14-22)38-27(20-47(44)23-7-4-3-5-8-23)31(34(43)46-2)32(30)29-24(35)9-6-10-25(29)36/h3-10,21-22,32,38H,11-20,37H2,1-2H3. The zero-order valence-corrected chi connectivity index (χ0v) is 28.8. The number of dihydropyridines is 1. The first-order chi connectivity index (χ1) is 22.6. The first-order valence-electron chi connectivity index (χ1n) is 15.7. The SMILES string of the molecule is COC(=O)C1=C(CC(=O)N2CCN(C3CCC(N)CC3)CC2)NC(CS(=O)c2ccccc2)=C(C(=O)OC)C1c1c(Cl)cccc1Cl. The maximum Gasteiger partial charge on any atom is 0.336 e. The van der Waals surface area contributed by atoms with Crippen LogP contribution < -0.4 is 11.1 Å². The van der Waals surface area contributed by atoms with Crippen LogP contribution in [0.15, 0.2) is 76.0 Å². The molecule has 0 bridgehead atoms. The van der Waals surface area contributed by atoms with Gasteiger partial charge in [-0.05, 0) is 49.9 Å². The number of piperazine rings is 1. The Morgan fingerprint density at radius 2 is 1.43 bits per heavy atom. The molecular weight excluding hydrogens is 663 g/mol. The quantitative estimate of drug-likeness (QED) is 0.370.